The van der Waals surface area contributed by atoms with E-state index in [4.69, 9.17) is 0 Å². The third-order valence-electron chi connectivity index (χ3n) is 3.67. The van der Waals surface area contributed by atoms with Crippen LogP contribution >= 0.6 is 7.26 Å². The second-order valence-corrected chi connectivity index (χ2v) is 11.6. The molecule has 1 aliphatic heterocycles. The number of rotatable bonds is 5. The molecule has 1 heterocycles. The Morgan fingerprint density at radius 3 is 2.18 bits per heavy atom. The molecule has 1 aliphatic rings. The molecule has 8 heteroatoms. The summed E-state index contributed by atoms with van der Waals surface area (Å²) >= 11 is 0. The molecule has 0 aromatic carbocycles. The van der Waals surface area contributed by atoms with Gasteiger partial charge in [0.25, 0.3) is 0 Å². The zero-order chi connectivity index (χ0) is 13.2. The van der Waals surface area contributed by atoms with Crippen LogP contribution in [0.4, 0.5) is 13.2 Å². The Kier molecular flexibility index (Phi) is 4.83. The topological polar surface area (TPSA) is 46.2 Å². The van der Waals surface area contributed by atoms with E-state index in [0.717, 1.165) is 31.3 Å². The number of sulfonamides is 1. The van der Waals surface area contributed by atoms with Gasteiger partial charge in [-0.05, 0) is 0 Å². The zero-order valence-electron chi connectivity index (χ0n) is 9.81. The molecule has 0 atom stereocenters. The predicted octanol–water partition coefficient (Wildman–Crippen LogP) is 1.99. The predicted molar refractivity (Wildman–Crippen MR) is 65.7 cm³/mol. The van der Waals surface area contributed by atoms with E-state index in [-0.39, 0.29) is 6.54 Å². The quantitative estimate of drug-likeness (QED) is 0.788. The average molecular weight is 293 g/mol. The van der Waals surface area contributed by atoms with Gasteiger partial charge in [-0.1, -0.05) is 0 Å². The molecular weight excluding hydrogens is 274 g/mol. The summed E-state index contributed by atoms with van der Waals surface area (Å²) in [5.74, 6) is 0. The fourth-order valence-electron chi connectivity index (χ4n) is 2.44. The molecule has 0 unspecified atom stereocenters. The first-order valence-corrected chi connectivity index (χ1v) is 10.1. The summed E-state index contributed by atoms with van der Waals surface area (Å²) in [6, 6.07) is 0. The maximum absolute atomic E-state index is 12.1. The van der Waals surface area contributed by atoms with E-state index in [1.165, 1.54) is 0 Å². The van der Waals surface area contributed by atoms with Crippen LogP contribution in [0.5, 0.6) is 0 Å². The van der Waals surface area contributed by atoms with Crippen LogP contribution in [0.1, 0.15) is 19.8 Å². The van der Waals surface area contributed by atoms with Gasteiger partial charge in [0.05, 0.1) is 0 Å². The molecule has 1 saturated heterocycles. The molecule has 0 aliphatic carbocycles. The first-order valence-electron chi connectivity index (χ1n) is 5.78. The number of nitrogens with one attached hydrogen (secondary N) is 1. The van der Waals surface area contributed by atoms with Gasteiger partial charge in [-0.25, -0.2) is 0 Å². The molecule has 0 saturated carbocycles. The fraction of sp³-hybridized carbons (Fsp3) is 1.00. The van der Waals surface area contributed by atoms with Gasteiger partial charge in [0.2, 0.25) is 0 Å². The first-order chi connectivity index (χ1) is 7.72. The minimum atomic E-state index is -5.19. The van der Waals surface area contributed by atoms with Crippen molar-refractivity contribution in [1.82, 2.24) is 4.72 Å². The molecule has 1 fully saturated rings. The summed E-state index contributed by atoms with van der Waals surface area (Å²) in [6.45, 7) is 2.00. The van der Waals surface area contributed by atoms with Crippen LogP contribution in [0.3, 0.4) is 0 Å². The number of alkyl halides is 3. The molecular formula is C9H19F3NO2PS. The Morgan fingerprint density at radius 1 is 1.24 bits per heavy atom. The van der Waals surface area contributed by atoms with Gasteiger partial charge in [-0.15, -0.1) is 0 Å². The Morgan fingerprint density at radius 2 is 1.76 bits per heavy atom. The summed E-state index contributed by atoms with van der Waals surface area (Å²) in [5, 5.41) is 0. The number of halogens is 3. The molecule has 1 N–H and O–H groups in total. The number of hydrogen-bond donors (Lipinski definition) is 1. The molecule has 104 valence electrons. The normalized spacial score (nSPS) is 22.6. The molecule has 0 aromatic rings. The third-order valence-corrected chi connectivity index (χ3v) is 10.5. The molecule has 0 spiro atoms. The molecule has 0 aromatic heterocycles. The van der Waals surface area contributed by atoms with Gasteiger partial charge in [-0.3, -0.25) is 0 Å². The summed E-state index contributed by atoms with van der Waals surface area (Å²) in [5.41, 5.74) is -5.19. The molecule has 17 heavy (non-hydrogen) atoms. The van der Waals surface area contributed by atoms with Crippen molar-refractivity contribution in [2.45, 2.75) is 25.3 Å². The van der Waals surface area contributed by atoms with Crippen LogP contribution in [-0.4, -0.2) is 45.1 Å². The van der Waals surface area contributed by atoms with E-state index < -0.39 is 22.8 Å². The van der Waals surface area contributed by atoms with Crippen LogP contribution < -0.4 is 4.72 Å². The summed E-state index contributed by atoms with van der Waals surface area (Å²) in [7, 11) is -6.61. The summed E-state index contributed by atoms with van der Waals surface area (Å²) < 4.78 is 59.5. The average Bonchev–Trinajstić information content (AvgIpc) is 2.65. The second kappa shape index (κ2) is 5.41. The summed E-state index contributed by atoms with van der Waals surface area (Å²) in [4.78, 5) is 0. The van der Waals surface area contributed by atoms with Crippen molar-refractivity contribution >= 4 is 17.3 Å². The van der Waals surface area contributed by atoms with E-state index in [1.807, 2.05) is 0 Å². The van der Waals surface area contributed by atoms with Crippen LogP contribution in [0.25, 0.3) is 0 Å². The van der Waals surface area contributed by atoms with Crippen molar-refractivity contribution in [3.8, 4) is 0 Å². The van der Waals surface area contributed by atoms with Gasteiger partial charge in [0.15, 0.2) is 0 Å². The Hall–Kier alpha value is 0.130. The van der Waals surface area contributed by atoms with Crippen LogP contribution in [-0.2, 0) is 10.0 Å². The molecule has 3 nitrogen and oxygen atoms in total. The molecule has 0 bridgehead atoms. The minimum absolute atomic E-state index is 0.0676. The van der Waals surface area contributed by atoms with Crippen molar-refractivity contribution in [1.29, 1.82) is 0 Å². The van der Waals surface area contributed by atoms with E-state index in [9.17, 15) is 21.6 Å². The van der Waals surface area contributed by atoms with Crippen molar-refractivity contribution in [2.75, 3.05) is 31.2 Å². The summed E-state index contributed by atoms with van der Waals surface area (Å²) in [6.07, 6.45) is 6.19. The van der Waals surface area contributed by atoms with Gasteiger partial charge < -0.3 is 0 Å². The van der Waals surface area contributed by atoms with Crippen LogP contribution in [0.2, 0.25) is 0 Å². The number of hydrogen-bond acceptors (Lipinski definition) is 2. The molecule has 0 amide bonds. The van der Waals surface area contributed by atoms with Gasteiger partial charge in [0.1, 0.15) is 0 Å². The van der Waals surface area contributed by atoms with E-state index >= 15 is 0 Å². The Balaban J connectivity index is 2.48. The zero-order valence-corrected chi connectivity index (χ0v) is 11.6. The van der Waals surface area contributed by atoms with Gasteiger partial charge >= 0.3 is 100 Å². The maximum atomic E-state index is 12.1. The van der Waals surface area contributed by atoms with Crippen molar-refractivity contribution in [3.63, 3.8) is 0 Å². The van der Waals surface area contributed by atoms with E-state index in [0.29, 0.717) is 6.16 Å². The molecule has 1 rings (SSSR count). The Bertz CT molecular complexity index is 350. The first kappa shape index (κ1) is 15.2. The van der Waals surface area contributed by atoms with Crippen LogP contribution in [0.15, 0.2) is 0 Å². The van der Waals surface area contributed by atoms with E-state index in [2.05, 4.69) is 6.92 Å². The molecule has 0 radical (unpaired) electrons. The van der Waals surface area contributed by atoms with Gasteiger partial charge in [-0.2, -0.15) is 0 Å². The Labute approximate surface area is 101 Å². The van der Waals surface area contributed by atoms with E-state index in [1.54, 1.807) is 4.72 Å². The SMILES string of the molecule is CC[PH]1(CCNS(=O)(=O)C(F)(F)F)CCCC1. The van der Waals surface area contributed by atoms with Crippen LogP contribution in [0, 0.1) is 0 Å². The second-order valence-electron chi connectivity index (χ2n) is 4.65. The van der Waals surface area contributed by atoms with Crippen molar-refractivity contribution in [3.05, 3.63) is 0 Å². The monoisotopic (exact) mass is 293 g/mol. The fourth-order valence-corrected chi connectivity index (χ4v) is 7.62. The standard InChI is InChI=1S/C9H19F3NO2PS/c1-2-16(6-3-4-7-16)8-5-13-17(14,15)9(10,11)12/h13,16H,2-8H2,1H3. The van der Waals surface area contributed by atoms with Crippen molar-refractivity contribution < 1.29 is 21.6 Å². The van der Waals surface area contributed by atoms with Crippen molar-refractivity contribution in [2.24, 2.45) is 0 Å². The van der Waals surface area contributed by atoms with Gasteiger partial charge in [0, 0.05) is 0 Å². The third kappa shape index (κ3) is 3.80.